The van der Waals surface area contributed by atoms with Crippen molar-refractivity contribution in [3.05, 3.63) is 10.4 Å². The second-order valence-corrected chi connectivity index (χ2v) is 9.34. The number of hydrogen-bond donors (Lipinski definition) is 0. The van der Waals surface area contributed by atoms with Crippen LogP contribution in [0.1, 0.15) is 32.1 Å². The smallest absolute Gasteiger partial charge is 0.184 e. The van der Waals surface area contributed by atoms with Gasteiger partial charge >= 0.3 is 0 Å². The second-order valence-electron chi connectivity index (χ2n) is 4.91. The summed E-state index contributed by atoms with van der Waals surface area (Å²) in [5.74, 6) is 0. The van der Waals surface area contributed by atoms with E-state index in [1.54, 1.807) is 0 Å². The summed E-state index contributed by atoms with van der Waals surface area (Å²) in [5, 5.41) is 3.89. The number of azide groups is 1. The van der Waals surface area contributed by atoms with E-state index in [0.29, 0.717) is 0 Å². The molecule has 0 N–H and O–H groups in total. The van der Waals surface area contributed by atoms with Gasteiger partial charge in [-0.2, -0.15) is 0 Å². The Morgan fingerprint density at radius 3 is 2.21 bits per heavy atom. The first-order chi connectivity index (χ1) is 6.47. The van der Waals surface area contributed by atoms with E-state index in [9.17, 15) is 0 Å². The standard InChI is InChI=1S/C9H19N3OSi/c1-14(2,3)13-9(11-12-10)7-5-4-6-8-9/h4-8H2,1-3H3. The topological polar surface area (TPSA) is 58.0 Å². The van der Waals surface area contributed by atoms with Crippen molar-refractivity contribution in [3.63, 3.8) is 0 Å². The van der Waals surface area contributed by atoms with E-state index >= 15 is 0 Å². The third-order valence-corrected chi connectivity index (χ3v) is 3.35. The zero-order valence-corrected chi connectivity index (χ0v) is 10.3. The molecule has 1 fully saturated rings. The average Bonchev–Trinajstić information content (AvgIpc) is 2.02. The molecule has 0 amide bonds. The Labute approximate surface area is 86.4 Å². The number of rotatable bonds is 3. The molecule has 0 aliphatic heterocycles. The highest BCUT2D eigenvalue weighted by molar-refractivity contribution is 6.69. The van der Waals surface area contributed by atoms with Crippen LogP contribution in [0.25, 0.3) is 10.4 Å². The fourth-order valence-corrected chi connectivity index (χ4v) is 3.36. The molecule has 0 radical (unpaired) electrons. The van der Waals surface area contributed by atoms with Gasteiger partial charge in [0.25, 0.3) is 0 Å². The van der Waals surface area contributed by atoms with Crippen LogP contribution in [-0.4, -0.2) is 14.0 Å². The fraction of sp³-hybridized carbons (Fsp3) is 1.00. The van der Waals surface area contributed by atoms with Crippen LogP contribution in [0, 0.1) is 0 Å². The largest absolute Gasteiger partial charge is 0.406 e. The SMILES string of the molecule is C[Si](C)(C)OC1(N=[N+]=[N-])CCCCC1. The van der Waals surface area contributed by atoms with Gasteiger partial charge in [0.2, 0.25) is 0 Å². The van der Waals surface area contributed by atoms with E-state index in [4.69, 9.17) is 9.96 Å². The first-order valence-electron chi connectivity index (χ1n) is 5.24. The summed E-state index contributed by atoms with van der Waals surface area (Å²) < 4.78 is 6.03. The van der Waals surface area contributed by atoms with E-state index in [1.807, 2.05) is 0 Å². The van der Waals surface area contributed by atoms with Gasteiger partial charge in [-0.1, -0.05) is 24.4 Å². The summed E-state index contributed by atoms with van der Waals surface area (Å²) in [5.41, 5.74) is 8.06. The molecule has 1 aliphatic carbocycles. The molecule has 4 nitrogen and oxygen atoms in total. The lowest BCUT2D eigenvalue weighted by atomic mass is 9.93. The Balaban J connectivity index is 2.75. The normalized spacial score (nSPS) is 21.4. The molecule has 0 saturated heterocycles. The molecule has 0 atom stereocenters. The molecule has 1 saturated carbocycles. The summed E-state index contributed by atoms with van der Waals surface area (Å²) in [6.07, 6.45) is 5.24. The van der Waals surface area contributed by atoms with Crippen LogP contribution in [0.4, 0.5) is 0 Å². The van der Waals surface area contributed by atoms with Crippen molar-refractivity contribution >= 4 is 8.32 Å². The molecule has 0 heterocycles. The van der Waals surface area contributed by atoms with Gasteiger partial charge in [0.15, 0.2) is 8.32 Å². The molecule has 0 bridgehead atoms. The van der Waals surface area contributed by atoms with Crippen molar-refractivity contribution in [2.24, 2.45) is 5.11 Å². The molecule has 0 unspecified atom stereocenters. The highest BCUT2D eigenvalue weighted by Gasteiger charge is 2.36. The summed E-state index contributed by atoms with van der Waals surface area (Å²) in [7, 11) is -1.62. The molecule has 1 aliphatic rings. The third-order valence-electron chi connectivity index (χ3n) is 2.36. The van der Waals surface area contributed by atoms with E-state index in [1.165, 1.54) is 6.42 Å². The zero-order chi connectivity index (χ0) is 10.7. The van der Waals surface area contributed by atoms with E-state index in [0.717, 1.165) is 25.7 Å². The average molecular weight is 213 g/mol. The van der Waals surface area contributed by atoms with Crippen LogP contribution in [-0.2, 0) is 4.43 Å². The van der Waals surface area contributed by atoms with Crippen LogP contribution < -0.4 is 0 Å². The summed E-state index contributed by atoms with van der Waals surface area (Å²) in [6.45, 7) is 6.41. The lowest BCUT2D eigenvalue weighted by Gasteiger charge is -2.38. The van der Waals surface area contributed by atoms with Crippen LogP contribution in [0.3, 0.4) is 0 Å². The van der Waals surface area contributed by atoms with Gasteiger partial charge in [-0.3, -0.25) is 0 Å². The van der Waals surface area contributed by atoms with Crippen LogP contribution >= 0.6 is 0 Å². The molecule has 1 rings (SSSR count). The lowest BCUT2D eigenvalue weighted by Crippen LogP contribution is -2.42. The Hall–Kier alpha value is -0.513. The van der Waals surface area contributed by atoms with Gasteiger partial charge in [0, 0.05) is 4.91 Å². The van der Waals surface area contributed by atoms with Crippen molar-refractivity contribution in [2.45, 2.75) is 57.5 Å². The van der Waals surface area contributed by atoms with Crippen molar-refractivity contribution in [2.75, 3.05) is 0 Å². The van der Waals surface area contributed by atoms with Crippen molar-refractivity contribution in [1.82, 2.24) is 0 Å². The highest BCUT2D eigenvalue weighted by atomic mass is 28.4. The Morgan fingerprint density at radius 1 is 1.21 bits per heavy atom. The number of hydrogen-bond acceptors (Lipinski definition) is 2. The maximum absolute atomic E-state index is 8.57. The zero-order valence-electron chi connectivity index (χ0n) is 9.29. The number of nitrogens with zero attached hydrogens (tertiary/aromatic N) is 3. The minimum absolute atomic E-state index is 0.516. The molecule has 0 aromatic heterocycles. The first kappa shape index (κ1) is 11.6. The van der Waals surface area contributed by atoms with Gasteiger partial charge < -0.3 is 4.43 Å². The minimum atomic E-state index is -1.62. The van der Waals surface area contributed by atoms with Crippen molar-refractivity contribution < 1.29 is 4.43 Å². The molecular weight excluding hydrogens is 194 g/mol. The van der Waals surface area contributed by atoms with Gasteiger partial charge in [0.1, 0.15) is 5.72 Å². The second kappa shape index (κ2) is 4.34. The molecule has 0 aromatic rings. The fourth-order valence-electron chi connectivity index (χ4n) is 1.98. The third kappa shape index (κ3) is 3.33. The van der Waals surface area contributed by atoms with Crippen LogP contribution in [0.2, 0.25) is 19.6 Å². The predicted molar refractivity (Wildman–Crippen MR) is 59.4 cm³/mol. The summed E-state index contributed by atoms with van der Waals surface area (Å²) in [4.78, 5) is 2.94. The van der Waals surface area contributed by atoms with Crippen LogP contribution in [0.5, 0.6) is 0 Å². The van der Waals surface area contributed by atoms with E-state index in [2.05, 4.69) is 29.7 Å². The van der Waals surface area contributed by atoms with Gasteiger partial charge in [-0.25, -0.2) is 0 Å². The molecule has 14 heavy (non-hydrogen) atoms. The Morgan fingerprint density at radius 2 is 1.79 bits per heavy atom. The monoisotopic (exact) mass is 213 g/mol. The minimum Gasteiger partial charge on any atom is -0.406 e. The Kier molecular flexibility index (Phi) is 3.58. The molecule has 80 valence electrons. The van der Waals surface area contributed by atoms with Gasteiger partial charge in [-0.05, 0) is 38.0 Å². The van der Waals surface area contributed by atoms with E-state index in [-0.39, 0.29) is 0 Å². The lowest BCUT2D eigenvalue weighted by molar-refractivity contribution is 0.0294. The molecular formula is C9H19N3OSi. The molecule has 5 heteroatoms. The van der Waals surface area contributed by atoms with Gasteiger partial charge in [0.05, 0.1) is 0 Å². The maximum atomic E-state index is 8.57. The molecule has 0 spiro atoms. The maximum Gasteiger partial charge on any atom is 0.184 e. The van der Waals surface area contributed by atoms with Crippen molar-refractivity contribution in [3.8, 4) is 0 Å². The van der Waals surface area contributed by atoms with Crippen LogP contribution in [0.15, 0.2) is 5.11 Å². The highest BCUT2D eigenvalue weighted by Crippen LogP contribution is 2.35. The quantitative estimate of drug-likeness (QED) is 0.304. The summed E-state index contributed by atoms with van der Waals surface area (Å²) in [6, 6.07) is 0. The predicted octanol–water partition coefficient (Wildman–Crippen LogP) is 3.81. The summed E-state index contributed by atoms with van der Waals surface area (Å²) >= 11 is 0. The molecule has 0 aromatic carbocycles. The van der Waals surface area contributed by atoms with E-state index < -0.39 is 14.0 Å². The Bertz CT molecular complexity index is 237. The van der Waals surface area contributed by atoms with Crippen molar-refractivity contribution in [1.29, 1.82) is 0 Å². The first-order valence-corrected chi connectivity index (χ1v) is 8.65. The van der Waals surface area contributed by atoms with Gasteiger partial charge in [-0.15, -0.1) is 0 Å².